The van der Waals surface area contributed by atoms with Gasteiger partial charge < -0.3 is 9.67 Å². The number of aromatic nitrogens is 1. The van der Waals surface area contributed by atoms with E-state index in [0.29, 0.717) is 5.69 Å². The zero-order valence-corrected chi connectivity index (χ0v) is 21.8. The van der Waals surface area contributed by atoms with Crippen molar-refractivity contribution in [3.8, 4) is 0 Å². The third kappa shape index (κ3) is 4.22. The summed E-state index contributed by atoms with van der Waals surface area (Å²) < 4.78 is 31.6. The molecule has 190 valence electrons. The number of para-hydroxylation sites is 2. The van der Waals surface area contributed by atoms with Crippen molar-refractivity contribution in [2.45, 2.75) is 24.5 Å². The van der Waals surface area contributed by atoms with Crippen LogP contribution in [-0.4, -0.2) is 30.7 Å². The van der Waals surface area contributed by atoms with E-state index < -0.39 is 16.1 Å². The average Bonchev–Trinajstić information content (AvgIpc) is 3.25. The van der Waals surface area contributed by atoms with E-state index in [-0.39, 0.29) is 18.0 Å². The minimum atomic E-state index is -3.96. The predicted molar refractivity (Wildman–Crippen MR) is 155 cm³/mol. The van der Waals surface area contributed by atoms with Gasteiger partial charge in [-0.3, -0.25) is 4.31 Å². The van der Waals surface area contributed by atoms with Crippen LogP contribution in [0, 0.1) is 6.92 Å². The topological polar surface area (TPSA) is 62.5 Å². The maximum Gasteiger partial charge on any atom is 0.264 e. The Kier molecular flexibility index (Phi) is 6.14. The first-order chi connectivity index (χ1) is 18.4. The molecule has 1 atom stereocenters. The molecule has 0 aliphatic carbocycles. The van der Waals surface area contributed by atoms with Crippen LogP contribution >= 0.6 is 0 Å². The van der Waals surface area contributed by atoms with Crippen molar-refractivity contribution in [3.05, 3.63) is 121 Å². The molecule has 1 aromatic heterocycles. The Balaban J connectivity index is 1.44. The summed E-state index contributed by atoms with van der Waals surface area (Å²) in [5.41, 5.74) is 3.54. The molecule has 0 aliphatic rings. The Bertz CT molecular complexity index is 1820. The van der Waals surface area contributed by atoms with Gasteiger partial charge in [0.05, 0.1) is 29.8 Å². The SMILES string of the molecule is Cc1ccc(S(=O)(=O)N(CC(O)Cn2c3ccccc3c3ccccc32)c2cccc3ccccc23)cc1. The van der Waals surface area contributed by atoms with Crippen LogP contribution in [0.25, 0.3) is 32.6 Å². The van der Waals surface area contributed by atoms with Crippen LogP contribution in [0.1, 0.15) is 5.56 Å². The number of fused-ring (bicyclic) bond motifs is 4. The highest BCUT2D eigenvalue weighted by atomic mass is 32.2. The van der Waals surface area contributed by atoms with E-state index in [0.717, 1.165) is 38.1 Å². The molecule has 0 fully saturated rings. The van der Waals surface area contributed by atoms with Gasteiger partial charge >= 0.3 is 0 Å². The van der Waals surface area contributed by atoms with E-state index in [1.54, 1.807) is 30.3 Å². The van der Waals surface area contributed by atoms with Crippen LogP contribution in [0.4, 0.5) is 5.69 Å². The second kappa shape index (κ2) is 9.63. The molecule has 1 N–H and O–H groups in total. The zero-order chi connectivity index (χ0) is 26.3. The van der Waals surface area contributed by atoms with Crippen LogP contribution in [0.5, 0.6) is 0 Å². The second-order valence-electron chi connectivity index (χ2n) is 9.65. The number of aliphatic hydroxyl groups excluding tert-OH is 1. The van der Waals surface area contributed by atoms with Gasteiger partial charge in [0.25, 0.3) is 10.0 Å². The van der Waals surface area contributed by atoms with E-state index in [2.05, 4.69) is 16.7 Å². The molecule has 0 spiro atoms. The first-order valence-electron chi connectivity index (χ1n) is 12.6. The molecule has 0 radical (unpaired) electrons. The van der Waals surface area contributed by atoms with Gasteiger partial charge in [0.15, 0.2) is 0 Å². The van der Waals surface area contributed by atoms with Gasteiger partial charge in [0.2, 0.25) is 0 Å². The van der Waals surface area contributed by atoms with Crippen molar-refractivity contribution < 1.29 is 13.5 Å². The van der Waals surface area contributed by atoms with Gasteiger partial charge in [0, 0.05) is 27.2 Å². The molecule has 1 unspecified atom stereocenters. The summed E-state index contributed by atoms with van der Waals surface area (Å²) in [7, 11) is -3.96. The van der Waals surface area contributed by atoms with Crippen molar-refractivity contribution in [2.24, 2.45) is 0 Å². The quantitative estimate of drug-likeness (QED) is 0.261. The normalized spacial score (nSPS) is 12.8. The molecule has 6 heteroatoms. The van der Waals surface area contributed by atoms with E-state index in [1.165, 1.54) is 4.31 Å². The van der Waals surface area contributed by atoms with Gasteiger partial charge in [-0.15, -0.1) is 0 Å². The van der Waals surface area contributed by atoms with Crippen LogP contribution < -0.4 is 4.31 Å². The average molecular weight is 521 g/mol. The van der Waals surface area contributed by atoms with E-state index >= 15 is 0 Å². The highest BCUT2D eigenvalue weighted by molar-refractivity contribution is 7.92. The van der Waals surface area contributed by atoms with Gasteiger partial charge in [-0.05, 0) is 42.6 Å². The summed E-state index contributed by atoms with van der Waals surface area (Å²) in [5.74, 6) is 0. The third-order valence-electron chi connectivity index (χ3n) is 7.09. The van der Waals surface area contributed by atoms with Crippen LogP contribution in [-0.2, 0) is 16.6 Å². The molecule has 38 heavy (non-hydrogen) atoms. The largest absolute Gasteiger partial charge is 0.389 e. The Morgan fingerprint density at radius 2 is 1.26 bits per heavy atom. The third-order valence-corrected chi connectivity index (χ3v) is 8.89. The van der Waals surface area contributed by atoms with Crippen LogP contribution in [0.2, 0.25) is 0 Å². The molecule has 5 nitrogen and oxygen atoms in total. The summed E-state index contributed by atoms with van der Waals surface area (Å²) in [6, 6.07) is 36.4. The fraction of sp³-hybridized carbons (Fsp3) is 0.125. The Labute approximate surface area is 222 Å². The molecule has 6 aromatic rings. The number of aryl methyl sites for hydroxylation is 1. The van der Waals surface area contributed by atoms with Crippen molar-refractivity contribution in [3.63, 3.8) is 0 Å². The maximum atomic E-state index is 14.1. The highest BCUT2D eigenvalue weighted by Gasteiger charge is 2.29. The summed E-state index contributed by atoms with van der Waals surface area (Å²) in [6.45, 7) is 2.08. The summed E-state index contributed by atoms with van der Waals surface area (Å²) in [6.07, 6.45) is -0.964. The van der Waals surface area contributed by atoms with Crippen LogP contribution in [0.15, 0.2) is 120 Å². The molecule has 1 heterocycles. The summed E-state index contributed by atoms with van der Waals surface area (Å²) in [4.78, 5) is 0.195. The monoisotopic (exact) mass is 520 g/mol. The van der Waals surface area contributed by atoms with Gasteiger partial charge in [0.1, 0.15) is 0 Å². The Hall–Kier alpha value is -4.13. The van der Waals surface area contributed by atoms with Gasteiger partial charge in [-0.2, -0.15) is 0 Å². The molecular weight excluding hydrogens is 492 g/mol. The fourth-order valence-corrected chi connectivity index (χ4v) is 6.77. The Morgan fingerprint density at radius 3 is 1.92 bits per heavy atom. The minimum absolute atomic E-state index is 0.0922. The number of nitrogens with zero attached hydrogens (tertiary/aromatic N) is 2. The molecule has 6 rings (SSSR count). The lowest BCUT2D eigenvalue weighted by molar-refractivity contribution is 0.166. The van der Waals surface area contributed by atoms with Crippen molar-refractivity contribution in [1.29, 1.82) is 0 Å². The number of hydrogen-bond acceptors (Lipinski definition) is 3. The fourth-order valence-electron chi connectivity index (χ4n) is 5.25. The van der Waals surface area contributed by atoms with Crippen molar-refractivity contribution in [1.82, 2.24) is 4.57 Å². The molecule has 5 aromatic carbocycles. The second-order valence-corrected chi connectivity index (χ2v) is 11.5. The van der Waals surface area contributed by atoms with E-state index in [9.17, 15) is 13.5 Å². The standard InChI is InChI=1S/C32H28N2O3S/c1-23-17-19-26(20-18-23)38(36,37)34(32-16-8-10-24-9-2-3-11-27(24)32)22-25(35)21-33-30-14-6-4-12-28(30)29-13-5-7-15-31(29)33/h2-20,25,35H,21-22H2,1H3. The van der Waals surface area contributed by atoms with Crippen molar-refractivity contribution in [2.75, 3.05) is 10.8 Å². The number of benzene rings is 5. The first kappa shape index (κ1) is 24.2. The number of hydrogen-bond donors (Lipinski definition) is 1. The molecule has 0 amide bonds. The summed E-state index contributed by atoms with van der Waals surface area (Å²) in [5, 5.41) is 15.4. The Morgan fingerprint density at radius 1 is 0.711 bits per heavy atom. The number of rotatable bonds is 7. The van der Waals surface area contributed by atoms with Crippen LogP contribution in [0.3, 0.4) is 0 Å². The first-order valence-corrected chi connectivity index (χ1v) is 14.1. The maximum absolute atomic E-state index is 14.1. The lowest BCUT2D eigenvalue weighted by Crippen LogP contribution is -2.39. The molecule has 0 saturated carbocycles. The van der Waals surface area contributed by atoms with Crippen molar-refractivity contribution >= 4 is 48.3 Å². The molecule has 0 aliphatic heterocycles. The number of anilines is 1. The molecular formula is C32H28N2O3S. The molecule has 0 saturated heterocycles. The summed E-state index contributed by atoms with van der Waals surface area (Å²) >= 11 is 0. The number of sulfonamides is 1. The minimum Gasteiger partial charge on any atom is -0.389 e. The molecule has 0 bridgehead atoms. The predicted octanol–water partition coefficient (Wildman–Crippen LogP) is 6.51. The highest BCUT2D eigenvalue weighted by Crippen LogP contribution is 2.33. The smallest absolute Gasteiger partial charge is 0.264 e. The van der Waals surface area contributed by atoms with Gasteiger partial charge in [-0.1, -0.05) is 90.5 Å². The lowest BCUT2D eigenvalue weighted by Gasteiger charge is -2.28. The van der Waals surface area contributed by atoms with Gasteiger partial charge in [-0.25, -0.2) is 8.42 Å². The zero-order valence-electron chi connectivity index (χ0n) is 21.0. The van der Waals surface area contributed by atoms with E-state index in [4.69, 9.17) is 0 Å². The number of aliphatic hydroxyl groups is 1. The lowest BCUT2D eigenvalue weighted by atomic mass is 10.1. The van der Waals surface area contributed by atoms with E-state index in [1.807, 2.05) is 79.7 Å².